The predicted octanol–water partition coefficient (Wildman–Crippen LogP) is 1.33. The van der Waals surface area contributed by atoms with Crippen molar-refractivity contribution in [2.75, 3.05) is 39.5 Å². The molecular formula is C15H25N3O. The standard InChI is InChI=1S/C15H25N3O/c1-17(2)12-7-9-18(10-8-12)11-15(19)13-5-3-4-6-14(13)16/h3-6,12,15,19H,7-11,16H2,1-2H3. The van der Waals surface area contributed by atoms with Crippen molar-refractivity contribution < 1.29 is 5.11 Å². The number of para-hydroxylation sites is 1. The molecule has 0 aromatic heterocycles. The summed E-state index contributed by atoms with van der Waals surface area (Å²) in [5.41, 5.74) is 7.43. The lowest BCUT2D eigenvalue weighted by molar-refractivity contribution is 0.0802. The molecule has 4 nitrogen and oxygen atoms in total. The molecule has 1 unspecified atom stereocenters. The molecular weight excluding hydrogens is 238 g/mol. The van der Waals surface area contributed by atoms with Crippen LogP contribution in [0.2, 0.25) is 0 Å². The summed E-state index contributed by atoms with van der Waals surface area (Å²) in [6.07, 6.45) is 1.85. The van der Waals surface area contributed by atoms with E-state index in [2.05, 4.69) is 23.9 Å². The van der Waals surface area contributed by atoms with Crippen LogP contribution in [0.5, 0.6) is 0 Å². The highest BCUT2D eigenvalue weighted by Gasteiger charge is 2.23. The molecule has 19 heavy (non-hydrogen) atoms. The molecule has 1 fully saturated rings. The molecule has 0 spiro atoms. The number of nitrogens with zero attached hydrogens (tertiary/aromatic N) is 2. The van der Waals surface area contributed by atoms with Gasteiger partial charge in [-0.2, -0.15) is 0 Å². The van der Waals surface area contributed by atoms with Crippen LogP contribution in [0.3, 0.4) is 0 Å². The van der Waals surface area contributed by atoms with E-state index >= 15 is 0 Å². The highest BCUT2D eigenvalue weighted by Crippen LogP contribution is 2.22. The number of nitrogen functional groups attached to an aromatic ring is 1. The van der Waals surface area contributed by atoms with E-state index < -0.39 is 6.10 Å². The summed E-state index contributed by atoms with van der Waals surface area (Å²) in [5, 5.41) is 10.3. The summed E-state index contributed by atoms with van der Waals surface area (Å²) in [6, 6.07) is 8.25. The molecule has 0 saturated carbocycles. The van der Waals surface area contributed by atoms with E-state index in [0.29, 0.717) is 18.3 Å². The normalized spacial score (nSPS) is 19.8. The quantitative estimate of drug-likeness (QED) is 0.805. The van der Waals surface area contributed by atoms with Crippen LogP contribution in [0.25, 0.3) is 0 Å². The summed E-state index contributed by atoms with van der Waals surface area (Å²) >= 11 is 0. The summed E-state index contributed by atoms with van der Waals surface area (Å²) in [5.74, 6) is 0. The van der Waals surface area contributed by atoms with Gasteiger partial charge in [0.2, 0.25) is 0 Å². The average molecular weight is 263 g/mol. The largest absolute Gasteiger partial charge is 0.398 e. The zero-order valence-electron chi connectivity index (χ0n) is 11.9. The van der Waals surface area contributed by atoms with Gasteiger partial charge in [-0.05, 0) is 46.1 Å². The van der Waals surface area contributed by atoms with Crippen LogP contribution >= 0.6 is 0 Å². The Balaban J connectivity index is 1.87. The molecule has 1 aliphatic heterocycles. The Morgan fingerprint density at radius 1 is 1.32 bits per heavy atom. The number of β-amino-alcohol motifs (C(OH)–C–C–N with tert-alkyl or cyclic N) is 1. The van der Waals surface area contributed by atoms with Gasteiger partial charge in [0.1, 0.15) is 0 Å². The number of hydrogen-bond donors (Lipinski definition) is 2. The molecule has 2 rings (SSSR count). The first kappa shape index (κ1) is 14.3. The lowest BCUT2D eigenvalue weighted by Gasteiger charge is -2.36. The average Bonchev–Trinajstić information content (AvgIpc) is 2.39. The second-order valence-electron chi connectivity index (χ2n) is 5.64. The van der Waals surface area contributed by atoms with Crippen LogP contribution in [-0.2, 0) is 0 Å². The number of likely N-dealkylation sites (tertiary alicyclic amines) is 1. The molecule has 4 heteroatoms. The first-order valence-corrected chi connectivity index (χ1v) is 6.99. The minimum atomic E-state index is -0.489. The van der Waals surface area contributed by atoms with Gasteiger partial charge in [0.05, 0.1) is 6.10 Å². The summed E-state index contributed by atoms with van der Waals surface area (Å²) < 4.78 is 0. The molecule has 1 saturated heterocycles. The van der Waals surface area contributed by atoms with E-state index in [0.717, 1.165) is 18.7 Å². The number of benzene rings is 1. The third kappa shape index (κ3) is 3.69. The van der Waals surface area contributed by atoms with Crippen LogP contribution in [-0.4, -0.2) is 54.7 Å². The highest BCUT2D eigenvalue weighted by atomic mass is 16.3. The Bertz CT molecular complexity index is 400. The van der Waals surface area contributed by atoms with E-state index in [-0.39, 0.29) is 0 Å². The van der Waals surface area contributed by atoms with Crippen molar-refractivity contribution in [1.82, 2.24) is 9.80 Å². The Kier molecular flexibility index (Phi) is 4.80. The molecule has 0 bridgehead atoms. The predicted molar refractivity (Wildman–Crippen MR) is 79.0 cm³/mol. The second kappa shape index (κ2) is 6.37. The molecule has 0 amide bonds. The molecule has 0 radical (unpaired) electrons. The minimum absolute atomic E-state index is 0.489. The third-order valence-electron chi connectivity index (χ3n) is 4.07. The van der Waals surface area contributed by atoms with Gasteiger partial charge >= 0.3 is 0 Å². The molecule has 3 N–H and O–H groups in total. The number of anilines is 1. The summed E-state index contributed by atoms with van der Waals surface area (Å²) in [4.78, 5) is 4.63. The van der Waals surface area contributed by atoms with E-state index in [1.165, 1.54) is 12.8 Å². The highest BCUT2D eigenvalue weighted by molar-refractivity contribution is 5.47. The van der Waals surface area contributed by atoms with E-state index in [1.54, 1.807) is 0 Å². The van der Waals surface area contributed by atoms with Crippen molar-refractivity contribution in [3.05, 3.63) is 29.8 Å². The molecule has 106 valence electrons. The van der Waals surface area contributed by atoms with E-state index in [4.69, 9.17) is 5.73 Å². The molecule has 1 aromatic rings. The van der Waals surface area contributed by atoms with Crippen molar-refractivity contribution >= 4 is 5.69 Å². The van der Waals surface area contributed by atoms with Crippen LogP contribution in [0.15, 0.2) is 24.3 Å². The maximum absolute atomic E-state index is 10.3. The number of nitrogens with two attached hydrogens (primary N) is 1. The van der Waals surface area contributed by atoms with Crippen molar-refractivity contribution in [2.45, 2.75) is 25.0 Å². The molecule has 1 aromatic carbocycles. The molecule has 1 heterocycles. The van der Waals surface area contributed by atoms with Gasteiger partial charge in [-0.25, -0.2) is 0 Å². The minimum Gasteiger partial charge on any atom is -0.398 e. The lowest BCUT2D eigenvalue weighted by atomic mass is 10.0. The lowest BCUT2D eigenvalue weighted by Crippen LogP contribution is -2.43. The number of rotatable bonds is 4. The molecule has 0 aliphatic carbocycles. The van der Waals surface area contributed by atoms with Crippen LogP contribution in [0, 0.1) is 0 Å². The zero-order valence-corrected chi connectivity index (χ0v) is 11.9. The fourth-order valence-electron chi connectivity index (χ4n) is 2.78. The molecule has 1 aliphatic rings. The van der Waals surface area contributed by atoms with Crippen molar-refractivity contribution in [1.29, 1.82) is 0 Å². The summed E-state index contributed by atoms with van der Waals surface area (Å²) in [7, 11) is 4.28. The fraction of sp³-hybridized carbons (Fsp3) is 0.600. The Morgan fingerprint density at radius 3 is 2.53 bits per heavy atom. The van der Waals surface area contributed by atoms with Gasteiger partial charge in [0.25, 0.3) is 0 Å². The van der Waals surface area contributed by atoms with Crippen LogP contribution in [0.4, 0.5) is 5.69 Å². The van der Waals surface area contributed by atoms with Crippen molar-refractivity contribution in [3.8, 4) is 0 Å². The number of hydrogen-bond acceptors (Lipinski definition) is 4. The Labute approximate surface area is 115 Å². The third-order valence-corrected chi connectivity index (χ3v) is 4.07. The van der Waals surface area contributed by atoms with Gasteiger partial charge in [-0.1, -0.05) is 18.2 Å². The SMILES string of the molecule is CN(C)C1CCN(CC(O)c2ccccc2N)CC1. The zero-order chi connectivity index (χ0) is 13.8. The Morgan fingerprint density at radius 2 is 1.95 bits per heavy atom. The fourth-order valence-corrected chi connectivity index (χ4v) is 2.78. The number of aliphatic hydroxyl groups is 1. The second-order valence-corrected chi connectivity index (χ2v) is 5.64. The first-order chi connectivity index (χ1) is 9.08. The van der Waals surface area contributed by atoms with Gasteiger partial charge in [0, 0.05) is 23.8 Å². The smallest absolute Gasteiger partial charge is 0.0936 e. The number of piperidine rings is 1. The Hall–Kier alpha value is -1.10. The number of aliphatic hydroxyl groups excluding tert-OH is 1. The van der Waals surface area contributed by atoms with Crippen molar-refractivity contribution in [3.63, 3.8) is 0 Å². The monoisotopic (exact) mass is 263 g/mol. The van der Waals surface area contributed by atoms with Crippen molar-refractivity contribution in [2.24, 2.45) is 0 Å². The van der Waals surface area contributed by atoms with Gasteiger partial charge in [-0.15, -0.1) is 0 Å². The van der Waals surface area contributed by atoms with E-state index in [1.807, 2.05) is 24.3 Å². The van der Waals surface area contributed by atoms with Crippen LogP contribution < -0.4 is 5.73 Å². The van der Waals surface area contributed by atoms with Gasteiger partial charge in [0.15, 0.2) is 0 Å². The summed E-state index contributed by atoms with van der Waals surface area (Å²) in [6.45, 7) is 2.77. The van der Waals surface area contributed by atoms with Gasteiger partial charge in [-0.3, -0.25) is 0 Å². The molecule has 1 atom stereocenters. The first-order valence-electron chi connectivity index (χ1n) is 6.99. The van der Waals surface area contributed by atoms with Crippen LogP contribution in [0.1, 0.15) is 24.5 Å². The topological polar surface area (TPSA) is 52.7 Å². The van der Waals surface area contributed by atoms with E-state index in [9.17, 15) is 5.11 Å². The maximum atomic E-state index is 10.3. The maximum Gasteiger partial charge on any atom is 0.0936 e. The van der Waals surface area contributed by atoms with Gasteiger partial charge < -0.3 is 20.6 Å².